The van der Waals surface area contributed by atoms with Gasteiger partial charge in [0.15, 0.2) is 0 Å². The van der Waals surface area contributed by atoms with Crippen LogP contribution in [0.3, 0.4) is 0 Å². The van der Waals surface area contributed by atoms with Crippen LogP contribution < -0.4 is 5.32 Å². The van der Waals surface area contributed by atoms with Crippen molar-refractivity contribution in [3.05, 3.63) is 81.8 Å². The fraction of sp³-hybridized carbons (Fsp3) is 0.346. The molecular weight excluding hydrogens is 459 g/mol. The minimum absolute atomic E-state index is 0.0572. The third-order valence-electron chi connectivity index (χ3n) is 6.00. The van der Waals surface area contributed by atoms with Crippen molar-refractivity contribution in [1.82, 2.24) is 10.2 Å². The molecule has 0 bridgehead atoms. The Balaban J connectivity index is 1.24. The van der Waals surface area contributed by atoms with Crippen molar-refractivity contribution in [3.8, 4) is 0 Å². The van der Waals surface area contributed by atoms with Crippen molar-refractivity contribution in [3.63, 3.8) is 0 Å². The van der Waals surface area contributed by atoms with Crippen LogP contribution in [0, 0.1) is 5.92 Å². The molecule has 1 unspecified atom stereocenters. The van der Waals surface area contributed by atoms with E-state index in [-0.39, 0.29) is 11.8 Å². The van der Waals surface area contributed by atoms with E-state index in [1.54, 1.807) is 11.8 Å². The first-order valence-corrected chi connectivity index (χ1v) is 13.0. The normalized spacial score (nSPS) is 16.9. The second-order valence-corrected chi connectivity index (χ2v) is 10.2. The second-order valence-electron chi connectivity index (χ2n) is 8.26. The van der Waals surface area contributed by atoms with Gasteiger partial charge in [-0.2, -0.15) is 11.8 Å². The standard InChI is InChI=1S/C26H28Cl2N2OS/c27-24-11-4-12-25(28)23(24)18-32-15-13-29-26(31)21-9-5-14-30(17-21)16-20-8-3-7-19-6-1-2-10-22(19)20/h1-4,6-8,10-12,21H,5,9,13-18H2,(H,29,31). The third kappa shape index (κ3) is 5.99. The van der Waals surface area contributed by atoms with Gasteiger partial charge < -0.3 is 5.32 Å². The molecule has 3 aromatic rings. The zero-order valence-electron chi connectivity index (χ0n) is 18.0. The van der Waals surface area contributed by atoms with Crippen LogP contribution in [-0.2, 0) is 17.1 Å². The molecule has 1 amide bonds. The molecule has 0 spiro atoms. The quantitative estimate of drug-likeness (QED) is 0.373. The van der Waals surface area contributed by atoms with Crippen molar-refractivity contribution in [1.29, 1.82) is 0 Å². The molecule has 3 nitrogen and oxygen atoms in total. The molecule has 0 aromatic heterocycles. The molecule has 168 valence electrons. The lowest BCUT2D eigenvalue weighted by atomic mass is 9.96. The molecule has 0 aliphatic carbocycles. The molecule has 0 radical (unpaired) electrons. The Kier molecular flexibility index (Phi) is 8.37. The van der Waals surface area contributed by atoms with Gasteiger partial charge in [0.25, 0.3) is 0 Å². The number of nitrogens with zero attached hydrogens (tertiary/aromatic N) is 1. The summed E-state index contributed by atoms with van der Waals surface area (Å²) < 4.78 is 0. The number of carbonyl (C=O) groups excluding carboxylic acids is 1. The fourth-order valence-corrected chi connectivity index (χ4v) is 5.92. The number of hydrogen-bond donors (Lipinski definition) is 1. The molecule has 1 atom stereocenters. The Bertz CT molecular complexity index is 1050. The number of likely N-dealkylation sites (tertiary alicyclic amines) is 1. The van der Waals surface area contributed by atoms with E-state index in [1.165, 1.54) is 16.3 Å². The maximum Gasteiger partial charge on any atom is 0.224 e. The maximum atomic E-state index is 12.8. The average molecular weight is 487 g/mol. The summed E-state index contributed by atoms with van der Waals surface area (Å²) in [6.45, 7) is 3.41. The van der Waals surface area contributed by atoms with Crippen LogP contribution in [0.2, 0.25) is 10.0 Å². The van der Waals surface area contributed by atoms with Crippen LogP contribution in [0.5, 0.6) is 0 Å². The molecule has 3 aromatic carbocycles. The average Bonchev–Trinajstić information content (AvgIpc) is 2.81. The van der Waals surface area contributed by atoms with Gasteiger partial charge in [-0.25, -0.2) is 0 Å². The fourth-order valence-electron chi connectivity index (χ4n) is 4.32. The van der Waals surface area contributed by atoms with Crippen molar-refractivity contribution < 1.29 is 4.79 Å². The molecule has 1 heterocycles. The van der Waals surface area contributed by atoms with Crippen LogP contribution in [0.15, 0.2) is 60.7 Å². The van der Waals surface area contributed by atoms with E-state index in [0.717, 1.165) is 49.5 Å². The lowest BCUT2D eigenvalue weighted by Crippen LogP contribution is -2.43. The molecule has 6 heteroatoms. The molecule has 1 fully saturated rings. The van der Waals surface area contributed by atoms with Crippen LogP contribution >= 0.6 is 35.0 Å². The zero-order chi connectivity index (χ0) is 22.3. The van der Waals surface area contributed by atoms with Gasteiger partial charge in [-0.15, -0.1) is 0 Å². The van der Waals surface area contributed by atoms with Crippen LogP contribution in [0.1, 0.15) is 24.0 Å². The van der Waals surface area contributed by atoms with E-state index in [4.69, 9.17) is 23.2 Å². The van der Waals surface area contributed by atoms with Gasteiger partial charge in [-0.3, -0.25) is 9.69 Å². The summed E-state index contributed by atoms with van der Waals surface area (Å²) in [6, 6.07) is 20.6. The monoisotopic (exact) mass is 486 g/mol. The van der Waals surface area contributed by atoms with E-state index in [1.807, 2.05) is 18.2 Å². The molecule has 1 saturated heterocycles. The largest absolute Gasteiger partial charge is 0.355 e. The smallest absolute Gasteiger partial charge is 0.224 e. The first-order chi connectivity index (χ1) is 15.6. The van der Waals surface area contributed by atoms with Gasteiger partial charge >= 0.3 is 0 Å². The number of amides is 1. The molecule has 0 saturated carbocycles. The lowest BCUT2D eigenvalue weighted by molar-refractivity contribution is -0.126. The van der Waals surface area contributed by atoms with Gasteiger partial charge in [0.2, 0.25) is 5.91 Å². The summed E-state index contributed by atoms with van der Waals surface area (Å²) in [5.41, 5.74) is 2.29. The van der Waals surface area contributed by atoms with E-state index in [9.17, 15) is 4.79 Å². The van der Waals surface area contributed by atoms with Gasteiger partial charge in [0.05, 0.1) is 5.92 Å². The van der Waals surface area contributed by atoms with Crippen molar-refractivity contribution in [2.45, 2.75) is 25.1 Å². The Morgan fingerprint density at radius 3 is 2.62 bits per heavy atom. The Morgan fingerprint density at radius 1 is 1.03 bits per heavy atom. The Morgan fingerprint density at radius 2 is 1.78 bits per heavy atom. The predicted octanol–water partition coefficient (Wildman–Crippen LogP) is 6.41. The highest BCUT2D eigenvalue weighted by Gasteiger charge is 2.25. The molecule has 32 heavy (non-hydrogen) atoms. The number of carbonyl (C=O) groups is 1. The molecule has 1 aliphatic rings. The summed E-state index contributed by atoms with van der Waals surface area (Å²) >= 11 is 14.2. The SMILES string of the molecule is O=C(NCCSCc1c(Cl)cccc1Cl)C1CCCN(Cc2cccc3ccccc23)C1. The zero-order valence-corrected chi connectivity index (χ0v) is 20.4. The Labute approximate surface area is 204 Å². The number of benzene rings is 3. The maximum absolute atomic E-state index is 12.8. The number of fused-ring (bicyclic) bond motifs is 1. The van der Waals surface area contributed by atoms with Gasteiger partial charge in [-0.1, -0.05) is 71.7 Å². The van der Waals surface area contributed by atoms with Crippen molar-refractivity contribution >= 4 is 51.6 Å². The van der Waals surface area contributed by atoms with E-state index >= 15 is 0 Å². The van der Waals surface area contributed by atoms with Crippen LogP contribution in [-0.4, -0.2) is 36.2 Å². The molecular formula is C26H28Cl2N2OS. The number of hydrogen-bond acceptors (Lipinski definition) is 3. The predicted molar refractivity (Wildman–Crippen MR) is 138 cm³/mol. The van der Waals surface area contributed by atoms with E-state index in [0.29, 0.717) is 16.6 Å². The summed E-state index contributed by atoms with van der Waals surface area (Å²) in [5.74, 6) is 1.81. The minimum Gasteiger partial charge on any atom is -0.355 e. The highest BCUT2D eigenvalue weighted by molar-refractivity contribution is 7.98. The molecule has 1 aliphatic heterocycles. The number of rotatable bonds is 8. The number of piperidine rings is 1. The molecule has 4 rings (SSSR count). The lowest BCUT2D eigenvalue weighted by Gasteiger charge is -2.32. The third-order valence-corrected chi connectivity index (χ3v) is 7.70. The Hall–Kier alpha value is -1.72. The number of halogens is 2. The first-order valence-electron chi connectivity index (χ1n) is 11.1. The highest BCUT2D eigenvalue weighted by Crippen LogP contribution is 2.28. The van der Waals surface area contributed by atoms with Crippen LogP contribution in [0.4, 0.5) is 0 Å². The molecule has 1 N–H and O–H groups in total. The topological polar surface area (TPSA) is 32.3 Å². The summed E-state index contributed by atoms with van der Waals surface area (Å²) in [5, 5.41) is 7.10. The van der Waals surface area contributed by atoms with Gasteiger partial charge in [-0.05, 0) is 53.4 Å². The summed E-state index contributed by atoms with van der Waals surface area (Å²) in [4.78, 5) is 15.2. The van der Waals surface area contributed by atoms with E-state index < -0.39 is 0 Å². The second kappa shape index (κ2) is 11.4. The van der Waals surface area contributed by atoms with Gasteiger partial charge in [0.1, 0.15) is 0 Å². The number of thioether (sulfide) groups is 1. The van der Waals surface area contributed by atoms with Crippen molar-refractivity contribution in [2.75, 3.05) is 25.4 Å². The van der Waals surface area contributed by atoms with Crippen LogP contribution in [0.25, 0.3) is 10.8 Å². The van der Waals surface area contributed by atoms with Crippen molar-refractivity contribution in [2.24, 2.45) is 5.92 Å². The summed E-state index contributed by atoms with van der Waals surface area (Å²) in [7, 11) is 0. The number of nitrogens with one attached hydrogen (secondary N) is 1. The first kappa shape index (κ1) is 23.4. The minimum atomic E-state index is 0.0572. The summed E-state index contributed by atoms with van der Waals surface area (Å²) in [6.07, 6.45) is 2.02. The highest BCUT2D eigenvalue weighted by atomic mass is 35.5. The van der Waals surface area contributed by atoms with E-state index in [2.05, 4.69) is 52.7 Å². The van der Waals surface area contributed by atoms with Gasteiger partial charge in [0, 0.05) is 41.2 Å².